The molecule has 2 unspecified atom stereocenters. The van der Waals surface area contributed by atoms with Gasteiger partial charge in [0.25, 0.3) is 10.0 Å². The number of aromatic nitrogens is 1. The van der Waals surface area contributed by atoms with Crippen LogP contribution >= 0.6 is 11.3 Å². The third kappa shape index (κ3) is 2.70. The van der Waals surface area contributed by atoms with E-state index in [9.17, 15) is 13.2 Å². The molecule has 0 bridgehead atoms. The second-order valence-electron chi connectivity index (χ2n) is 4.30. The Kier molecular flexibility index (Phi) is 3.69. The van der Waals surface area contributed by atoms with E-state index < -0.39 is 28.0 Å². The molecular weight excluding hydrogens is 276 g/mol. The molecule has 0 aliphatic heterocycles. The zero-order valence-electron chi connectivity index (χ0n) is 9.79. The van der Waals surface area contributed by atoms with E-state index in [-0.39, 0.29) is 4.21 Å². The summed E-state index contributed by atoms with van der Waals surface area (Å²) in [7, 11) is -3.65. The lowest BCUT2D eigenvalue weighted by Crippen LogP contribution is -2.39. The van der Waals surface area contributed by atoms with Crippen molar-refractivity contribution >= 4 is 27.3 Å². The van der Waals surface area contributed by atoms with Gasteiger partial charge >= 0.3 is 5.97 Å². The molecular formula is C10H14N2O4S2. The Hall–Kier alpha value is -0.990. The predicted octanol–water partition coefficient (Wildman–Crippen LogP) is 0.983. The molecule has 18 heavy (non-hydrogen) atoms. The zero-order valence-corrected chi connectivity index (χ0v) is 11.4. The molecule has 1 fully saturated rings. The maximum Gasteiger partial charge on any atom is 0.308 e. The van der Waals surface area contributed by atoms with Gasteiger partial charge < -0.3 is 5.11 Å². The summed E-state index contributed by atoms with van der Waals surface area (Å²) >= 11 is 1.08. The number of carboxylic acids is 1. The van der Waals surface area contributed by atoms with Gasteiger partial charge in [-0.1, -0.05) is 6.42 Å². The second-order valence-corrected chi connectivity index (χ2v) is 7.48. The van der Waals surface area contributed by atoms with Gasteiger partial charge in [0.2, 0.25) is 0 Å². The maximum atomic E-state index is 12.0. The number of sulfonamides is 1. The standard InChI is InChI=1S/C10H14N2O4S2/c1-6-11-5-9(17-6)18(15,16)12-8-4-2-3-7(8)10(13)14/h5,7-8,12H,2-4H2,1H3,(H,13,14). The largest absolute Gasteiger partial charge is 0.481 e. The van der Waals surface area contributed by atoms with Crippen molar-refractivity contribution in [1.29, 1.82) is 0 Å². The van der Waals surface area contributed by atoms with Crippen molar-refractivity contribution in [2.24, 2.45) is 5.92 Å². The Morgan fingerprint density at radius 3 is 2.83 bits per heavy atom. The van der Waals surface area contributed by atoms with Crippen molar-refractivity contribution < 1.29 is 18.3 Å². The van der Waals surface area contributed by atoms with Gasteiger partial charge in [0, 0.05) is 6.04 Å². The molecule has 0 radical (unpaired) electrons. The van der Waals surface area contributed by atoms with E-state index in [1.54, 1.807) is 6.92 Å². The highest BCUT2D eigenvalue weighted by Gasteiger charge is 2.36. The average Bonchev–Trinajstić information content (AvgIpc) is 2.86. The number of nitrogens with one attached hydrogen (secondary N) is 1. The number of hydrogen-bond acceptors (Lipinski definition) is 5. The number of rotatable bonds is 4. The van der Waals surface area contributed by atoms with E-state index in [0.29, 0.717) is 17.8 Å². The fourth-order valence-electron chi connectivity index (χ4n) is 2.12. The lowest BCUT2D eigenvalue weighted by molar-refractivity contribution is -0.141. The van der Waals surface area contributed by atoms with Gasteiger partial charge in [-0.2, -0.15) is 0 Å². The number of aryl methyl sites for hydroxylation is 1. The number of carboxylic acid groups (broad SMARTS) is 1. The fourth-order valence-corrected chi connectivity index (χ4v) is 4.56. The smallest absolute Gasteiger partial charge is 0.308 e. The molecule has 1 heterocycles. The van der Waals surface area contributed by atoms with Crippen molar-refractivity contribution in [3.05, 3.63) is 11.2 Å². The summed E-state index contributed by atoms with van der Waals surface area (Å²) in [5, 5.41) is 9.67. The molecule has 6 nitrogen and oxygen atoms in total. The van der Waals surface area contributed by atoms with Crippen LogP contribution in [0.3, 0.4) is 0 Å². The fraction of sp³-hybridized carbons (Fsp3) is 0.600. The second kappa shape index (κ2) is 4.94. The van der Waals surface area contributed by atoms with Gasteiger partial charge in [-0.15, -0.1) is 11.3 Å². The van der Waals surface area contributed by atoms with Crippen molar-refractivity contribution in [3.8, 4) is 0 Å². The third-order valence-electron chi connectivity index (χ3n) is 3.00. The number of hydrogen-bond donors (Lipinski definition) is 2. The lowest BCUT2D eigenvalue weighted by atomic mass is 10.1. The van der Waals surface area contributed by atoms with Crippen LogP contribution in [0, 0.1) is 12.8 Å². The van der Waals surface area contributed by atoms with Gasteiger partial charge in [0.1, 0.15) is 0 Å². The van der Waals surface area contributed by atoms with E-state index in [0.717, 1.165) is 17.8 Å². The van der Waals surface area contributed by atoms with E-state index >= 15 is 0 Å². The van der Waals surface area contributed by atoms with Gasteiger partial charge in [-0.05, 0) is 19.8 Å². The Morgan fingerprint density at radius 1 is 1.56 bits per heavy atom. The van der Waals surface area contributed by atoms with E-state index in [1.165, 1.54) is 6.20 Å². The van der Waals surface area contributed by atoms with Gasteiger partial charge in [-0.25, -0.2) is 18.1 Å². The molecule has 2 atom stereocenters. The summed E-state index contributed by atoms with van der Waals surface area (Å²) in [4.78, 5) is 14.9. The molecule has 0 amide bonds. The Morgan fingerprint density at radius 2 is 2.28 bits per heavy atom. The SMILES string of the molecule is Cc1ncc(S(=O)(=O)NC2CCCC2C(=O)O)s1. The third-order valence-corrected chi connectivity index (χ3v) is 5.87. The van der Waals surface area contributed by atoms with Gasteiger partial charge in [0.05, 0.1) is 17.1 Å². The van der Waals surface area contributed by atoms with Gasteiger partial charge in [0.15, 0.2) is 4.21 Å². The van der Waals surface area contributed by atoms with E-state index in [1.807, 2.05) is 0 Å². The Bertz CT molecular complexity index is 552. The molecule has 1 aliphatic rings. The highest BCUT2D eigenvalue weighted by molar-refractivity contribution is 7.91. The van der Waals surface area contributed by atoms with Crippen molar-refractivity contribution in [2.45, 2.75) is 36.4 Å². The quantitative estimate of drug-likeness (QED) is 0.861. The van der Waals surface area contributed by atoms with E-state index in [2.05, 4.69) is 9.71 Å². The minimum atomic E-state index is -3.65. The maximum absolute atomic E-state index is 12.0. The first-order valence-electron chi connectivity index (χ1n) is 5.58. The van der Waals surface area contributed by atoms with Crippen molar-refractivity contribution in [2.75, 3.05) is 0 Å². The topological polar surface area (TPSA) is 96.4 Å². The molecule has 1 aromatic heterocycles. The normalized spacial score (nSPS) is 24.3. The summed E-state index contributed by atoms with van der Waals surface area (Å²) in [6.45, 7) is 1.72. The molecule has 1 saturated carbocycles. The van der Waals surface area contributed by atoms with Crippen LogP contribution in [-0.4, -0.2) is 30.5 Å². The summed E-state index contributed by atoms with van der Waals surface area (Å²) in [6, 6.07) is -0.519. The first-order valence-corrected chi connectivity index (χ1v) is 7.87. The van der Waals surface area contributed by atoms with Crippen molar-refractivity contribution in [1.82, 2.24) is 9.71 Å². The molecule has 8 heteroatoms. The molecule has 100 valence electrons. The minimum absolute atomic E-state index is 0.135. The van der Waals surface area contributed by atoms with E-state index in [4.69, 9.17) is 5.11 Å². The molecule has 0 spiro atoms. The molecule has 2 N–H and O–H groups in total. The van der Waals surface area contributed by atoms with Crippen LogP contribution in [0.5, 0.6) is 0 Å². The molecule has 0 aromatic carbocycles. The zero-order chi connectivity index (χ0) is 13.3. The summed E-state index contributed by atoms with van der Waals surface area (Å²) in [6.07, 6.45) is 3.11. The Labute approximate surface area is 109 Å². The van der Waals surface area contributed by atoms with Crippen LogP contribution in [-0.2, 0) is 14.8 Å². The Balaban J connectivity index is 2.16. The van der Waals surface area contributed by atoms with Crippen LogP contribution in [0.25, 0.3) is 0 Å². The first kappa shape index (κ1) is 13.4. The average molecular weight is 290 g/mol. The number of thiazole rings is 1. The first-order chi connectivity index (χ1) is 8.40. The summed E-state index contributed by atoms with van der Waals surface area (Å²) in [5.74, 6) is -1.57. The number of aliphatic carboxylic acids is 1. The van der Waals surface area contributed by atoms with Crippen LogP contribution in [0.15, 0.2) is 10.4 Å². The summed E-state index contributed by atoms with van der Waals surface area (Å²) in [5.41, 5.74) is 0. The van der Waals surface area contributed by atoms with Crippen LogP contribution in [0.2, 0.25) is 0 Å². The highest BCUT2D eigenvalue weighted by atomic mass is 32.2. The number of nitrogens with zero attached hydrogens (tertiary/aromatic N) is 1. The predicted molar refractivity (Wildman–Crippen MR) is 65.9 cm³/mol. The van der Waals surface area contributed by atoms with Crippen molar-refractivity contribution in [3.63, 3.8) is 0 Å². The molecule has 1 aromatic rings. The van der Waals surface area contributed by atoms with Crippen LogP contribution < -0.4 is 4.72 Å². The van der Waals surface area contributed by atoms with Crippen LogP contribution in [0.4, 0.5) is 0 Å². The lowest BCUT2D eigenvalue weighted by Gasteiger charge is -2.16. The van der Waals surface area contributed by atoms with Crippen LogP contribution in [0.1, 0.15) is 24.3 Å². The monoisotopic (exact) mass is 290 g/mol. The highest BCUT2D eigenvalue weighted by Crippen LogP contribution is 2.28. The molecule has 2 rings (SSSR count). The molecule has 0 saturated heterocycles. The summed E-state index contributed by atoms with van der Waals surface area (Å²) < 4.78 is 26.7. The number of carbonyl (C=O) groups is 1. The minimum Gasteiger partial charge on any atom is -0.481 e. The van der Waals surface area contributed by atoms with Gasteiger partial charge in [-0.3, -0.25) is 4.79 Å². The molecule has 1 aliphatic carbocycles.